The summed E-state index contributed by atoms with van der Waals surface area (Å²) in [6, 6.07) is 2.18. The fourth-order valence-electron chi connectivity index (χ4n) is 4.09. The van der Waals surface area contributed by atoms with Crippen molar-refractivity contribution in [2.45, 2.75) is 25.6 Å². The number of carbonyl (C=O) groups excluding carboxylic acids is 1. The quantitative estimate of drug-likeness (QED) is 0.670. The molecule has 2 aromatic rings. The molecule has 2 aromatic heterocycles. The van der Waals surface area contributed by atoms with Crippen molar-refractivity contribution in [3.8, 4) is 11.3 Å². The van der Waals surface area contributed by atoms with Gasteiger partial charge in [-0.05, 0) is 31.5 Å². The molecule has 1 fully saturated rings. The molecule has 1 aliphatic carbocycles. The van der Waals surface area contributed by atoms with Crippen LogP contribution in [0.25, 0.3) is 11.3 Å². The van der Waals surface area contributed by atoms with Crippen LogP contribution in [0.15, 0.2) is 12.3 Å². The average Bonchev–Trinajstić information content (AvgIpc) is 3.14. The number of anilines is 1. The number of carboxylic acids is 1. The highest BCUT2D eigenvalue weighted by Crippen LogP contribution is 2.36. The van der Waals surface area contributed by atoms with Crippen molar-refractivity contribution >= 4 is 17.7 Å². The predicted molar refractivity (Wildman–Crippen MR) is 109 cm³/mol. The number of carbonyl (C=O) groups is 2. The number of fused-ring (bicyclic) bond motifs is 5. The van der Waals surface area contributed by atoms with Crippen molar-refractivity contribution in [3.63, 3.8) is 0 Å². The Morgan fingerprint density at radius 2 is 1.84 bits per heavy atom. The number of amides is 1. The molecule has 12 heteroatoms. The van der Waals surface area contributed by atoms with Gasteiger partial charge in [0.1, 0.15) is 11.5 Å². The molecule has 0 unspecified atom stereocenters. The third-order valence-electron chi connectivity index (χ3n) is 5.82. The maximum atomic E-state index is 12.3. The first-order valence-corrected chi connectivity index (χ1v) is 10.3. The Balaban J connectivity index is 0.000000307. The summed E-state index contributed by atoms with van der Waals surface area (Å²) in [6.45, 7) is 5.52. The number of hydrogen-bond acceptors (Lipinski definition) is 6. The van der Waals surface area contributed by atoms with E-state index in [1.165, 1.54) is 5.56 Å². The Morgan fingerprint density at radius 1 is 1.16 bits per heavy atom. The van der Waals surface area contributed by atoms with E-state index in [2.05, 4.69) is 28.2 Å². The molecule has 1 amide bonds. The second-order valence-corrected chi connectivity index (χ2v) is 7.95. The van der Waals surface area contributed by atoms with Crippen LogP contribution in [-0.2, 0) is 24.2 Å². The molecule has 5 rings (SSSR count). The van der Waals surface area contributed by atoms with Gasteiger partial charge in [-0.2, -0.15) is 18.3 Å². The van der Waals surface area contributed by atoms with Crippen LogP contribution in [0, 0.1) is 0 Å². The van der Waals surface area contributed by atoms with E-state index < -0.39 is 12.1 Å². The summed E-state index contributed by atoms with van der Waals surface area (Å²) in [5.41, 5.74) is 5.22. The lowest BCUT2D eigenvalue weighted by atomic mass is 9.90. The molecule has 0 saturated carbocycles. The molecule has 2 aliphatic heterocycles. The molecule has 172 valence electrons. The van der Waals surface area contributed by atoms with E-state index in [4.69, 9.17) is 20.0 Å². The molecule has 9 nitrogen and oxygen atoms in total. The maximum Gasteiger partial charge on any atom is 0.490 e. The molecule has 4 heterocycles. The van der Waals surface area contributed by atoms with Crippen LogP contribution >= 0.6 is 0 Å². The van der Waals surface area contributed by atoms with Crippen molar-refractivity contribution in [3.05, 3.63) is 29.1 Å². The van der Waals surface area contributed by atoms with Gasteiger partial charge in [-0.3, -0.25) is 9.48 Å². The van der Waals surface area contributed by atoms with Crippen LogP contribution in [0.4, 0.5) is 19.0 Å². The number of nitrogens with one attached hydrogen (secondary N) is 1. The molecule has 0 aromatic carbocycles. The van der Waals surface area contributed by atoms with Gasteiger partial charge in [-0.25, -0.2) is 9.78 Å². The Kier molecular flexibility index (Phi) is 5.80. The number of aliphatic carboxylic acids is 1. The van der Waals surface area contributed by atoms with Crippen molar-refractivity contribution in [2.75, 3.05) is 44.7 Å². The van der Waals surface area contributed by atoms with Crippen molar-refractivity contribution in [2.24, 2.45) is 0 Å². The molecule has 0 atom stereocenters. The normalized spacial score (nSPS) is 18.0. The van der Waals surface area contributed by atoms with Crippen LogP contribution in [-0.4, -0.2) is 82.6 Å². The monoisotopic (exact) mass is 452 g/mol. The fourth-order valence-corrected chi connectivity index (χ4v) is 4.09. The van der Waals surface area contributed by atoms with E-state index in [-0.39, 0.29) is 5.91 Å². The molecule has 0 spiro atoms. The second-order valence-electron chi connectivity index (χ2n) is 7.95. The van der Waals surface area contributed by atoms with Gasteiger partial charge >= 0.3 is 12.1 Å². The average molecular weight is 452 g/mol. The van der Waals surface area contributed by atoms with Gasteiger partial charge in [0.15, 0.2) is 0 Å². The molecular formula is C20H23F3N6O3. The summed E-state index contributed by atoms with van der Waals surface area (Å²) >= 11 is 0. The van der Waals surface area contributed by atoms with Crippen LogP contribution < -0.4 is 10.2 Å². The van der Waals surface area contributed by atoms with Gasteiger partial charge in [0.05, 0.1) is 12.2 Å². The molecule has 0 bridgehead atoms. The minimum Gasteiger partial charge on any atom is -0.475 e. The summed E-state index contributed by atoms with van der Waals surface area (Å²) in [5, 5.41) is 14.8. The van der Waals surface area contributed by atoms with Crippen molar-refractivity contribution in [1.82, 2.24) is 25.0 Å². The van der Waals surface area contributed by atoms with Gasteiger partial charge in [-0.1, -0.05) is 0 Å². The summed E-state index contributed by atoms with van der Waals surface area (Å²) in [5.74, 6) is -1.72. The Bertz CT molecular complexity index is 1040. The summed E-state index contributed by atoms with van der Waals surface area (Å²) < 4.78 is 33.6. The molecule has 2 N–H and O–H groups in total. The molecule has 3 aliphatic rings. The largest absolute Gasteiger partial charge is 0.490 e. The molecular weight excluding hydrogens is 429 g/mol. The molecule has 32 heavy (non-hydrogen) atoms. The Morgan fingerprint density at radius 3 is 2.50 bits per heavy atom. The lowest BCUT2D eigenvalue weighted by Gasteiger charge is -2.33. The van der Waals surface area contributed by atoms with Crippen molar-refractivity contribution < 1.29 is 27.9 Å². The second kappa shape index (κ2) is 8.41. The maximum absolute atomic E-state index is 12.3. The van der Waals surface area contributed by atoms with Crippen LogP contribution in [0.2, 0.25) is 0 Å². The topological polar surface area (TPSA) is 104 Å². The SMILES string of the molecule is CN1CCN(c2cc3c(cn2)CCc2c-3nn3c2C(=O)NCC3)CC1.O=C(O)C(F)(F)F. The number of halogens is 3. The van der Waals surface area contributed by atoms with Gasteiger partial charge in [0, 0.05) is 50.0 Å². The zero-order valence-electron chi connectivity index (χ0n) is 17.4. The Labute approximate surface area is 181 Å². The van der Waals surface area contributed by atoms with Crippen LogP contribution in [0.1, 0.15) is 21.6 Å². The van der Waals surface area contributed by atoms with E-state index in [1.54, 1.807) is 0 Å². The molecule has 0 radical (unpaired) electrons. The van der Waals surface area contributed by atoms with Gasteiger partial charge < -0.3 is 20.2 Å². The predicted octanol–water partition coefficient (Wildman–Crippen LogP) is 1.17. The van der Waals surface area contributed by atoms with E-state index in [9.17, 15) is 18.0 Å². The first-order chi connectivity index (χ1) is 15.1. The standard InChI is InChI=1S/C18H22N6O.C2HF3O2/c1-22-6-8-23(9-7-22)15-10-14-12(11-20-15)2-3-13-16(14)21-24-5-4-19-18(25)17(13)24;3-2(4,5)1(6)7/h10-11H,2-9H2,1H3,(H,19,25);(H,6,7). The minimum atomic E-state index is -5.08. The number of nitrogens with zero attached hydrogens (tertiary/aromatic N) is 5. The third-order valence-corrected chi connectivity index (χ3v) is 5.82. The zero-order chi connectivity index (χ0) is 23.0. The number of piperazine rings is 1. The van der Waals surface area contributed by atoms with Crippen LogP contribution in [0.5, 0.6) is 0 Å². The highest BCUT2D eigenvalue weighted by Gasteiger charge is 2.38. The highest BCUT2D eigenvalue weighted by molar-refractivity contribution is 5.97. The Hall–Kier alpha value is -3.15. The number of rotatable bonds is 1. The van der Waals surface area contributed by atoms with Crippen LogP contribution in [0.3, 0.4) is 0 Å². The first kappa shape index (κ1) is 22.1. The number of aryl methyl sites for hydroxylation is 1. The van der Waals surface area contributed by atoms with Gasteiger partial charge in [0.25, 0.3) is 5.91 Å². The zero-order valence-corrected chi connectivity index (χ0v) is 17.4. The lowest BCUT2D eigenvalue weighted by molar-refractivity contribution is -0.192. The number of hydrogen-bond donors (Lipinski definition) is 2. The fraction of sp³-hybridized carbons (Fsp3) is 0.500. The third kappa shape index (κ3) is 4.27. The number of aromatic nitrogens is 3. The number of pyridine rings is 1. The number of carboxylic acid groups (broad SMARTS) is 1. The number of alkyl halides is 3. The summed E-state index contributed by atoms with van der Waals surface area (Å²) in [4.78, 5) is 30.6. The first-order valence-electron chi connectivity index (χ1n) is 10.3. The highest BCUT2D eigenvalue weighted by atomic mass is 19.4. The van der Waals surface area contributed by atoms with E-state index in [0.29, 0.717) is 6.54 Å². The molecule has 1 saturated heterocycles. The van der Waals surface area contributed by atoms with E-state index in [0.717, 1.165) is 73.9 Å². The summed E-state index contributed by atoms with van der Waals surface area (Å²) in [6.07, 6.45) is -1.30. The lowest BCUT2D eigenvalue weighted by Crippen LogP contribution is -2.44. The van der Waals surface area contributed by atoms with Crippen molar-refractivity contribution in [1.29, 1.82) is 0 Å². The minimum absolute atomic E-state index is 0.0109. The van der Waals surface area contributed by atoms with Gasteiger partial charge in [0.2, 0.25) is 0 Å². The van der Waals surface area contributed by atoms with Gasteiger partial charge in [-0.15, -0.1) is 0 Å². The van der Waals surface area contributed by atoms with E-state index >= 15 is 0 Å². The van der Waals surface area contributed by atoms with E-state index in [1.807, 2.05) is 10.9 Å². The summed E-state index contributed by atoms with van der Waals surface area (Å²) in [7, 11) is 2.16. The number of likely N-dealkylation sites (N-methyl/N-ethyl adjacent to an activating group) is 1. The smallest absolute Gasteiger partial charge is 0.475 e.